The van der Waals surface area contributed by atoms with E-state index >= 15 is 0 Å². The molecule has 3 rings (SSSR count). The minimum absolute atomic E-state index is 0.00803. The lowest BCUT2D eigenvalue weighted by atomic mass is 9.80. The summed E-state index contributed by atoms with van der Waals surface area (Å²) < 4.78 is 5.68. The van der Waals surface area contributed by atoms with Crippen molar-refractivity contribution in [3.63, 3.8) is 0 Å². The first-order chi connectivity index (χ1) is 15.5. The Morgan fingerprint density at radius 2 is 1.91 bits per heavy atom. The van der Waals surface area contributed by atoms with Gasteiger partial charge in [-0.25, -0.2) is 9.78 Å². The number of aromatic nitrogens is 3. The number of nitrogens with zero attached hydrogens (tertiary/aromatic N) is 2. The van der Waals surface area contributed by atoms with Crippen LogP contribution in [0.2, 0.25) is 0 Å². The number of hydrogen-bond donors (Lipinski definition) is 3. The van der Waals surface area contributed by atoms with Gasteiger partial charge in [0.05, 0.1) is 5.69 Å². The van der Waals surface area contributed by atoms with E-state index in [-0.39, 0.29) is 11.8 Å². The number of carbonyl (C=O) groups is 2. The topological polar surface area (TPSA) is 109 Å². The SMILES string of the molecule is Cc1n[nH]c(C)c1Cc1ccnc(NC(=O)C(OC(=O)NC(C)(C)C)C2CCC(C)CC2)c1. The van der Waals surface area contributed by atoms with E-state index in [2.05, 4.69) is 32.7 Å². The average molecular weight is 456 g/mol. The molecule has 1 aliphatic carbocycles. The summed E-state index contributed by atoms with van der Waals surface area (Å²) in [6.45, 7) is 11.8. The molecular formula is C25H37N5O3. The summed E-state index contributed by atoms with van der Waals surface area (Å²) in [6.07, 6.45) is 4.70. The summed E-state index contributed by atoms with van der Waals surface area (Å²) >= 11 is 0. The normalized spacial score (nSPS) is 19.6. The summed E-state index contributed by atoms with van der Waals surface area (Å²) in [5, 5.41) is 12.9. The van der Waals surface area contributed by atoms with Crippen LogP contribution >= 0.6 is 0 Å². The Hall–Kier alpha value is -2.90. The van der Waals surface area contributed by atoms with Crippen molar-refractivity contribution < 1.29 is 14.3 Å². The quantitative estimate of drug-likeness (QED) is 0.586. The molecule has 3 N–H and O–H groups in total. The number of ether oxygens (including phenoxy) is 1. The minimum atomic E-state index is -0.858. The fourth-order valence-corrected chi connectivity index (χ4v) is 4.29. The van der Waals surface area contributed by atoms with Gasteiger partial charge in [0.1, 0.15) is 5.82 Å². The number of hydrogen-bond acceptors (Lipinski definition) is 5. The van der Waals surface area contributed by atoms with Gasteiger partial charge in [-0.3, -0.25) is 9.89 Å². The van der Waals surface area contributed by atoms with Gasteiger partial charge in [0.25, 0.3) is 5.91 Å². The highest BCUT2D eigenvalue weighted by atomic mass is 16.6. The highest BCUT2D eigenvalue weighted by Gasteiger charge is 2.35. The van der Waals surface area contributed by atoms with Crippen LogP contribution in [0.3, 0.4) is 0 Å². The number of H-pyrrole nitrogens is 1. The number of anilines is 1. The van der Waals surface area contributed by atoms with Gasteiger partial charge < -0.3 is 15.4 Å². The van der Waals surface area contributed by atoms with Gasteiger partial charge in [0.15, 0.2) is 6.10 Å². The monoisotopic (exact) mass is 455 g/mol. The predicted molar refractivity (Wildman–Crippen MR) is 128 cm³/mol. The zero-order valence-corrected chi connectivity index (χ0v) is 20.6. The number of amides is 2. The van der Waals surface area contributed by atoms with Crippen LogP contribution in [0.15, 0.2) is 18.3 Å². The third kappa shape index (κ3) is 7.04. The first-order valence-electron chi connectivity index (χ1n) is 11.8. The summed E-state index contributed by atoms with van der Waals surface area (Å²) in [7, 11) is 0. The number of nitrogens with one attached hydrogen (secondary N) is 3. The van der Waals surface area contributed by atoms with Gasteiger partial charge in [-0.15, -0.1) is 0 Å². The molecule has 2 amide bonds. The number of rotatable bonds is 6. The highest BCUT2D eigenvalue weighted by molar-refractivity contribution is 5.94. The molecule has 0 spiro atoms. The van der Waals surface area contributed by atoms with E-state index in [1.54, 1.807) is 6.20 Å². The Morgan fingerprint density at radius 1 is 1.21 bits per heavy atom. The van der Waals surface area contributed by atoms with Crippen LogP contribution in [0, 0.1) is 25.7 Å². The van der Waals surface area contributed by atoms with Gasteiger partial charge >= 0.3 is 6.09 Å². The van der Waals surface area contributed by atoms with Crippen molar-refractivity contribution in [3.8, 4) is 0 Å². The average Bonchev–Trinajstić information content (AvgIpc) is 3.04. The second-order valence-corrected chi connectivity index (χ2v) is 10.3. The van der Waals surface area contributed by atoms with Crippen LogP contribution in [-0.4, -0.2) is 38.8 Å². The summed E-state index contributed by atoms with van der Waals surface area (Å²) in [5.74, 6) is 0.733. The molecule has 2 aromatic rings. The molecular weight excluding hydrogens is 418 g/mol. The van der Waals surface area contributed by atoms with Crippen LogP contribution in [0.1, 0.15) is 75.9 Å². The first kappa shape index (κ1) is 24.7. The van der Waals surface area contributed by atoms with Gasteiger partial charge in [0.2, 0.25) is 0 Å². The van der Waals surface area contributed by atoms with E-state index in [4.69, 9.17) is 4.74 Å². The maximum absolute atomic E-state index is 13.3. The number of aromatic amines is 1. The molecule has 1 aliphatic rings. The number of pyridine rings is 1. The van der Waals surface area contributed by atoms with E-state index < -0.39 is 17.7 Å². The zero-order chi connectivity index (χ0) is 24.2. The van der Waals surface area contributed by atoms with Crippen LogP contribution in [0.25, 0.3) is 0 Å². The molecule has 180 valence electrons. The van der Waals surface area contributed by atoms with Gasteiger partial charge in [-0.1, -0.05) is 19.8 Å². The standard InChI is InChI=1S/C25H37N5O3/c1-15-7-9-19(10-8-15)22(33-24(32)28-25(4,5)6)23(31)27-21-14-18(11-12-26-21)13-20-16(2)29-30-17(20)3/h11-12,14-15,19,22H,7-10,13H2,1-6H3,(H,28,32)(H,29,30)(H,26,27,31). The van der Waals surface area contributed by atoms with Crippen molar-refractivity contribution in [3.05, 3.63) is 40.8 Å². The second-order valence-electron chi connectivity index (χ2n) is 10.3. The molecule has 2 aromatic heterocycles. The molecule has 8 heteroatoms. The van der Waals surface area contributed by atoms with Crippen molar-refractivity contribution in [1.82, 2.24) is 20.5 Å². The molecule has 0 aromatic carbocycles. The van der Waals surface area contributed by atoms with Crippen molar-refractivity contribution in [2.75, 3.05) is 5.32 Å². The molecule has 1 fully saturated rings. The van der Waals surface area contributed by atoms with Crippen molar-refractivity contribution in [2.24, 2.45) is 11.8 Å². The molecule has 2 heterocycles. The highest BCUT2D eigenvalue weighted by Crippen LogP contribution is 2.32. The van der Waals surface area contributed by atoms with Crippen LogP contribution in [-0.2, 0) is 16.0 Å². The van der Waals surface area contributed by atoms with E-state index in [9.17, 15) is 9.59 Å². The lowest BCUT2D eigenvalue weighted by molar-refractivity contribution is -0.128. The molecule has 1 atom stereocenters. The molecule has 0 saturated heterocycles. The molecule has 0 bridgehead atoms. The predicted octanol–water partition coefficient (Wildman–Crippen LogP) is 4.67. The van der Waals surface area contributed by atoms with Crippen LogP contribution in [0.4, 0.5) is 10.6 Å². The van der Waals surface area contributed by atoms with Crippen molar-refractivity contribution in [1.29, 1.82) is 0 Å². The third-order valence-electron chi connectivity index (χ3n) is 6.20. The Labute approximate surface area is 196 Å². The maximum atomic E-state index is 13.3. The van der Waals surface area contributed by atoms with Gasteiger partial charge in [-0.05, 0) is 71.1 Å². The Balaban J connectivity index is 1.73. The van der Waals surface area contributed by atoms with E-state index in [1.807, 2.05) is 46.8 Å². The number of carbonyl (C=O) groups excluding carboxylic acids is 2. The smallest absolute Gasteiger partial charge is 0.408 e. The van der Waals surface area contributed by atoms with Gasteiger partial charge in [0, 0.05) is 35.3 Å². The largest absolute Gasteiger partial charge is 0.436 e. The number of alkyl carbamates (subject to hydrolysis) is 1. The number of aryl methyl sites for hydroxylation is 2. The molecule has 8 nitrogen and oxygen atoms in total. The van der Waals surface area contributed by atoms with Crippen LogP contribution in [0.5, 0.6) is 0 Å². The summed E-state index contributed by atoms with van der Waals surface area (Å²) in [4.78, 5) is 30.1. The van der Waals surface area contributed by atoms with E-state index in [0.717, 1.165) is 48.2 Å². The van der Waals surface area contributed by atoms with E-state index in [0.29, 0.717) is 18.2 Å². The third-order valence-corrected chi connectivity index (χ3v) is 6.20. The molecule has 1 unspecified atom stereocenters. The first-order valence-corrected chi connectivity index (χ1v) is 11.8. The van der Waals surface area contributed by atoms with Gasteiger partial charge in [-0.2, -0.15) is 5.10 Å². The minimum Gasteiger partial charge on any atom is -0.436 e. The Kier molecular flexibility index (Phi) is 7.76. The Bertz CT molecular complexity index is 951. The molecule has 0 radical (unpaired) electrons. The maximum Gasteiger partial charge on any atom is 0.408 e. The fourth-order valence-electron chi connectivity index (χ4n) is 4.29. The Morgan fingerprint density at radius 3 is 2.52 bits per heavy atom. The second kappa shape index (κ2) is 10.4. The lowest BCUT2D eigenvalue weighted by Gasteiger charge is -2.32. The lowest BCUT2D eigenvalue weighted by Crippen LogP contribution is -2.47. The van der Waals surface area contributed by atoms with E-state index in [1.165, 1.54) is 0 Å². The molecule has 1 saturated carbocycles. The van der Waals surface area contributed by atoms with Crippen molar-refractivity contribution in [2.45, 2.75) is 85.3 Å². The van der Waals surface area contributed by atoms with Crippen molar-refractivity contribution >= 4 is 17.8 Å². The zero-order valence-electron chi connectivity index (χ0n) is 20.6. The van der Waals surface area contributed by atoms with Crippen LogP contribution < -0.4 is 10.6 Å². The summed E-state index contributed by atoms with van der Waals surface area (Å²) in [5.41, 5.74) is 3.69. The molecule has 33 heavy (non-hydrogen) atoms. The summed E-state index contributed by atoms with van der Waals surface area (Å²) in [6, 6.07) is 3.79. The fraction of sp³-hybridized carbons (Fsp3) is 0.600. The molecule has 0 aliphatic heterocycles.